The molecule has 1 heterocycles. The highest BCUT2D eigenvalue weighted by atomic mass is 79.9. The van der Waals surface area contributed by atoms with Gasteiger partial charge < -0.3 is 15.0 Å². The number of benzene rings is 2. The van der Waals surface area contributed by atoms with E-state index < -0.39 is 17.4 Å². The van der Waals surface area contributed by atoms with Gasteiger partial charge >= 0.3 is 0 Å². The zero-order valence-corrected chi connectivity index (χ0v) is 15.2. The second-order valence-electron chi connectivity index (χ2n) is 5.93. The van der Waals surface area contributed by atoms with Gasteiger partial charge in [0.1, 0.15) is 5.75 Å². The molecule has 0 fully saturated rings. The maximum Gasteiger partial charge on any atom is 0.280 e. The molecular weight excluding hydrogens is 372 g/mol. The minimum atomic E-state index is -1.62. The van der Waals surface area contributed by atoms with Gasteiger partial charge in [0.15, 0.2) is 0 Å². The normalized spacial score (nSPS) is 19.5. The molecule has 2 aromatic carbocycles. The Morgan fingerprint density at radius 3 is 2.54 bits per heavy atom. The third-order valence-corrected chi connectivity index (χ3v) is 4.57. The molecule has 2 aromatic rings. The lowest BCUT2D eigenvalue weighted by Crippen LogP contribution is -2.59. The van der Waals surface area contributed by atoms with Gasteiger partial charge in [-0.3, -0.25) is 9.59 Å². The predicted molar refractivity (Wildman–Crippen MR) is 96.4 cm³/mol. The van der Waals surface area contributed by atoms with Crippen LogP contribution >= 0.6 is 15.9 Å². The number of likely N-dealkylation sites (N-methyl/N-ethyl adjacent to an activating group) is 1. The van der Waals surface area contributed by atoms with Gasteiger partial charge in [-0.25, -0.2) is 0 Å². The van der Waals surface area contributed by atoms with Gasteiger partial charge in [0.05, 0.1) is 5.69 Å². The molecule has 5 nitrogen and oxygen atoms in total. The molecule has 3 rings (SSSR count). The number of nitrogens with one attached hydrogen (secondary N) is 1. The second-order valence-corrected chi connectivity index (χ2v) is 6.85. The first-order chi connectivity index (χ1) is 11.3. The molecule has 0 spiro atoms. The van der Waals surface area contributed by atoms with Gasteiger partial charge in [-0.05, 0) is 55.8 Å². The third-order valence-electron chi connectivity index (χ3n) is 4.04. The molecule has 1 aliphatic heterocycles. The zero-order chi connectivity index (χ0) is 17.5. The highest BCUT2D eigenvalue weighted by molar-refractivity contribution is 9.10. The Morgan fingerprint density at radius 1 is 1.21 bits per heavy atom. The Labute approximate surface area is 148 Å². The number of anilines is 2. The van der Waals surface area contributed by atoms with Crippen LogP contribution in [-0.2, 0) is 9.59 Å². The predicted octanol–water partition coefficient (Wildman–Crippen LogP) is 3.51. The standard InChI is InChI=1S/C18H17BrN2O3/c1-11-4-9-15-14(10-11)21(3)17(23)18(2,24-15)16(22)20-13-7-5-12(19)6-8-13/h4-10H,1-3H3,(H,20,22). The maximum absolute atomic E-state index is 12.7. The van der Waals surface area contributed by atoms with Crippen molar-refractivity contribution in [3.8, 4) is 5.75 Å². The fourth-order valence-electron chi connectivity index (χ4n) is 2.60. The van der Waals surface area contributed by atoms with Crippen molar-refractivity contribution in [2.45, 2.75) is 19.4 Å². The van der Waals surface area contributed by atoms with E-state index in [1.165, 1.54) is 11.8 Å². The summed E-state index contributed by atoms with van der Waals surface area (Å²) in [4.78, 5) is 26.9. The quantitative estimate of drug-likeness (QED) is 0.800. The minimum Gasteiger partial charge on any atom is -0.465 e. The van der Waals surface area contributed by atoms with Crippen LogP contribution in [-0.4, -0.2) is 24.5 Å². The van der Waals surface area contributed by atoms with Gasteiger partial charge in [0, 0.05) is 17.2 Å². The fraction of sp³-hybridized carbons (Fsp3) is 0.222. The van der Waals surface area contributed by atoms with Crippen LogP contribution in [0.15, 0.2) is 46.9 Å². The Kier molecular flexibility index (Phi) is 4.09. The van der Waals surface area contributed by atoms with Crippen molar-refractivity contribution < 1.29 is 14.3 Å². The van der Waals surface area contributed by atoms with Crippen molar-refractivity contribution in [3.05, 3.63) is 52.5 Å². The second kappa shape index (κ2) is 5.94. The van der Waals surface area contributed by atoms with Crippen molar-refractivity contribution in [2.24, 2.45) is 0 Å². The first kappa shape index (κ1) is 16.5. The summed E-state index contributed by atoms with van der Waals surface area (Å²) in [6, 6.07) is 12.6. The zero-order valence-electron chi connectivity index (χ0n) is 13.6. The SMILES string of the molecule is Cc1ccc2c(c1)N(C)C(=O)C(C)(C(=O)Nc1ccc(Br)cc1)O2. The van der Waals surface area contributed by atoms with Crippen LogP contribution in [0, 0.1) is 6.92 Å². The Bertz CT molecular complexity index is 820. The number of carbonyl (C=O) groups is 2. The minimum absolute atomic E-state index is 0.407. The van der Waals surface area contributed by atoms with Gasteiger partial charge in [0.2, 0.25) is 0 Å². The Balaban J connectivity index is 1.91. The van der Waals surface area contributed by atoms with Crippen LogP contribution in [0.1, 0.15) is 12.5 Å². The van der Waals surface area contributed by atoms with Crippen LogP contribution in [0.2, 0.25) is 0 Å². The number of rotatable bonds is 2. The molecule has 0 aliphatic carbocycles. The number of hydrogen-bond donors (Lipinski definition) is 1. The number of carbonyl (C=O) groups excluding carboxylic acids is 2. The van der Waals surface area contributed by atoms with E-state index in [9.17, 15) is 9.59 Å². The summed E-state index contributed by atoms with van der Waals surface area (Å²) < 4.78 is 6.71. The number of aryl methyl sites for hydroxylation is 1. The summed E-state index contributed by atoms with van der Waals surface area (Å²) in [6.07, 6.45) is 0. The largest absolute Gasteiger partial charge is 0.465 e. The number of hydrogen-bond acceptors (Lipinski definition) is 3. The topological polar surface area (TPSA) is 58.6 Å². The van der Waals surface area contributed by atoms with E-state index in [0.29, 0.717) is 17.1 Å². The number of halogens is 1. The number of fused-ring (bicyclic) bond motifs is 1. The molecule has 0 saturated carbocycles. The smallest absolute Gasteiger partial charge is 0.280 e. The van der Waals surface area contributed by atoms with Crippen LogP contribution in [0.3, 0.4) is 0 Å². The maximum atomic E-state index is 12.7. The molecule has 1 aliphatic rings. The number of ether oxygens (including phenoxy) is 1. The van der Waals surface area contributed by atoms with E-state index in [-0.39, 0.29) is 0 Å². The van der Waals surface area contributed by atoms with E-state index >= 15 is 0 Å². The number of nitrogens with zero attached hydrogens (tertiary/aromatic N) is 1. The molecule has 0 aromatic heterocycles. The monoisotopic (exact) mass is 388 g/mol. The average molecular weight is 389 g/mol. The molecule has 1 atom stereocenters. The lowest BCUT2D eigenvalue weighted by atomic mass is 9.99. The highest BCUT2D eigenvalue weighted by Gasteiger charge is 2.49. The van der Waals surface area contributed by atoms with Crippen molar-refractivity contribution in [1.82, 2.24) is 0 Å². The van der Waals surface area contributed by atoms with E-state index in [4.69, 9.17) is 4.74 Å². The van der Waals surface area contributed by atoms with E-state index in [1.54, 1.807) is 25.2 Å². The molecule has 24 heavy (non-hydrogen) atoms. The Morgan fingerprint density at radius 2 is 1.88 bits per heavy atom. The lowest BCUT2D eigenvalue weighted by molar-refractivity contribution is -0.144. The highest BCUT2D eigenvalue weighted by Crippen LogP contribution is 2.38. The Hall–Kier alpha value is -2.34. The summed E-state index contributed by atoms with van der Waals surface area (Å²) >= 11 is 3.34. The average Bonchev–Trinajstić information content (AvgIpc) is 2.56. The van der Waals surface area contributed by atoms with Gasteiger partial charge in [-0.15, -0.1) is 0 Å². The fourth-order valence-corrected chi connectivity index (χ4v) is 2.86. The molecule has 1 unspecified atom stereocenters. The van der Waals surface area contributed by atoms with Crippen LogP contribution in [0.5, 0.6) is 5.75 Å². The summed E-state index contributed by atoms with van der Waals surface area (Å²) in [5.41, 5.74) is 0.649. The molecule has 1 N–H and O–H groups in total. The molecule has 6 heteroatoms. The molecule has 0 saturated heterocycles. The van der Waals surface area contributed by atoms with Crippen molar-refractivity contribution in [2.75, 3.05) is 17.3 Å². The van der Waals surface area contributed by atoms with E-state index in [2.05, 4.69) is 21.2 Å². The summed E-state index contributed by atoms with van der Waals surface area (Å²) in [5.74, 6) is -0.403. The first-order valence-electron chi connectivity index (χ1n) is 7.46. The lowest BCUT2D eigenvalue weighted by Gasteiger charge is -2.38. The number of amides is 2. The first-order valence-corrected chi connectivity index (χ1v) is 8.25. The van der Waals surface area contributed by atoms with E-state index in [0.717, 1.165) is 10.0 Å². The van der Waals surface area contributed by atoms with Gasteiger partial charge in [0.25, 0.3) is 17.4 Å². The van der Waals surface area contributed by atoms with Crippen LogP contribution in [0.25, 0.3) is 0 Å². The molecular formula is C18H17BrN2O3. The van der Waals surface area contributed by atoms with Gasteiger partial charge in [-0.2, -0.15) is 0 Å². The van der Waals surface area contributed by atoms with E-state index in [1.807, 2.05) is 31.2 Å². The van der Waals surface area contributed by atoms with Crippen molar-refractivity contribution in [3.63, 3.8) is 0 Å². The molecule has 0 bridgehead atoms. The van der Waals surface area contributed by atoms with Crippen LogP contribution < -0.4 is 15.0 Å². The third kappa shape index (κ3) is 2.78. The van der Waals surface area contributed by atoms with Crippen LogP contribution in [0.4, 0.5) is 11.4 Å². The summed E-state index contributed by atoms with van der Waals surface area (Å²) in [6.45, 7) is 3.43. The van der Waals surface area contributed by atoms with Crippen molar-refractivity contribution >= 4 is 39.1 Å². The van der Waals surface area contributed by atoms with Gasteiger partial charge in [-0.1, -0.05) is 22.0 Å². The molecule has 0 radical (unpaired) electrons. The van der Waals surface area contributed by atoms with Crippen molar-refractivity contribution in [1.29, 1.82) is 0 Å². The summed E-state index contributed by atoms with van der Waals surface area (Å²) in [7, 11) is 1.65. The molecule has 124 valence electrons. The summed E-state index contributed by atoms with van der Waals surface area (Å²) in [5, 5.41) is 2.74. The molecule has 2 amide bonds.